The van der Waals surface area contributed by atoms with E-state index >= 15 is 0 Å². The lowest BCUT2D eigenvalue weighted by molar-refractivity contribution is 0.627. The van der Waals surface area contributed by atoms with E-state index in [0.29, 0.717) is 12.0 Å². The van der Waals surface area contributed by atoms with E-state index in [1.165, 1.54) is 37.1 Å². The van der Waals surface area contributed by atoms with Crippen molar-refractivity contribution in [2.75, 3.05) is 0 Å². The van der Waals surface area contributed by atoms with Gasteiger partial charge in [-0.25, -0.2) is 0 Å². The van der Waals surface area contributed by atoms with Gasteiger partial charge in [0.05, 0.1) is 0 Å². The molecule has 0 aliphatic heterocycles. The minimum Gasteiger partial charge on any atom is -0.303 e. The number of hydrogen-bond donors (Lipinski definition) is 0. The summed E-state index contributed by atoms with van der Waals surface area (Å²) in [5.41, 5.74) is 1.28. The average Bonchev–Trinajstić information content (AvgIpc) is 3.37. The van der Waals surface area contributed by atoms with Crippen LogP contribution < -0.4 is 0 Å². The number of hydrogen-bond acceptors (Lipinski definition) is 3. The molecule has 2 saturated carbocycles. The van der Waals surface area contributed by atoms with Gasteiger partial charge in [-0.2, -0.15) is 0 Å². The van der Waals surface area contributed by atoms with Gasteiger partial charge in [0.1, 0.15) is 5.82 Å². The van der Waals surface area contributed by atoms with Crippen LogP contribution in [0.5, 0.6) is 0 Å². The summed E-state index contributed by atoms with van der Waals surface area (Å²) in [5.74, 6) is 2.83. The fourth-order valence-electron chi connectivity index (χ4n) is 2.41. The highest BCUT2D eigenvalue weighted by Gasteiger charge is 2.36. The minimum absolute atomic E-state index is 0.660. The molecule has 3 nitrogen and oxygen atoms in total. The molecular weight excluding hydrogens is 290 g/mol. The maximum atomic E-state index is 5.92. The summed E-state index contributed by atoms with van der Waals surface area (Å²) in [6.07, 6.45) is 5.14. The molecule has 4 rings (SSSR count). The Morgan fingerprint density at radius 1 is 1.10 bits per heavy atom. The number of nitrogens with zero attached hydrogens (tertiary/aromatic N) is 3. The Balaban J connectivity index is 1.52. The van der Waals surface area contributed by atoms with E-state index in [1.807, 2.05) is 12.1 Å². The lowest BCUT2D eigenvalue weighted by Crippen LogP contribution is -2.01. The van der Waals surface area contributed by atoms with E-state index in [9.17, 15) is 0 Å². The van der Waals surface area contributed by atoms with Crippen molar-refractivity contribution in [2.24, 2.45) is 0 Å². The molecule has 104 valence electrons. The Bertz CT molecular complexity index is 615. The molecule has 2 aromatic rings. The standard InChI is InChI=1S/C15H16ClN3S/c16-12-5-1-10(2-6-12)9-20-15-18-17-14(11-3-4-11)19(15)13-7-8-13/h1-2,5-6,11,13H,3-4,7-9H2. The van der Waals surface area contributed by atoms with Gasteiger partial charge in [0.2, 0.25) is 0 Å². The van der Waals surface area contributed by atoms with Crippen LogP contribution in [0.15, 0.2) is 29.4 Å². The Kier molecular flexibility index (Phi) is 3.23. The molecule has 0 amide bonds. The molecule has 0 N–H and O–H groups in total. The topological polar surface area (TPSA) is 30.7 Å². The van der Waals surface area contributed by atoms with E-state index in [-0.39, 0.29) is 0 Å². The van der Waals surface area contributed by atoms with Crippen molar-refractivity contribution in [3.05, 3.63) is 40.7 Å². The second-order valence-corrected chi connectivity index (χ2v) is 7.01. The van der Waals surface area contributed by atoms with Gasteiger partial charge in [0.25, 0.3) is 0 Å². The van der Waals surface area contributed by atoms with Crippen molar-refractivity contribution < 1.29 is 0 Å². The first kappa shape index (κ1) is 12.7. The molecule has 1 heterocycles. The first-order valence-electron chi connectivity index (χ1n) is 7.13. The van der Waals surface area contributed by atoms with E-state index in [1.54, 1.807) is 11.8 Å². The van der Waals surface area contributed by atoms with E-state index in [0.717, 1.165) is 15.9 Å². The molecule has 0 bridgehead atoms. The smallest absolute Gasteiger partial charge is 0.191 e. The maximum absolute atomic E-state index is 5.92. The molecule has 0 spiro atoms. The summed E-state index contributed by atoms with van der Waals surface area (Å²) >= 11 is 7.70. The average molecular weight is 306 g/mol. The number of rotatable bonds is 5. The lowest BCUT2D eigenvalue weighted by atomic mass is 10.2. The summed E-state index contributed by atoms with van der Waals surface area (Å²) in [6.45, 7) is 0. The highest BCUT2D eigenvalue weighted by Crippen LogP contribution is 2.46. The Morgan fingerprint density at radius 3 is 2.50 bits per heavy atom. The molecule has 0 radical (unpaired) electrons. The van der Waals surface area contributed by atoms with Crippen molar-refractivity contribution in [2.45, 2.75) is 48.6 Å². The van der Waals surface area contributed by atoms with Crippen LogP contribution in [0.4, 0.5) is 0 Å². The van der Waals surface area contributed by atoms with Gasteiger partial charge in [0, 0.05) is 22.7 Å². The molecule has 5 heteroatoms. The van der Waals surface area contributed by atoms with Crippen LogP contribution in [0, 0.1) is 0 Å². The van der Waals surface area contributed by atoms with Gasteiger partial charge in [-0.05, 0) is 43.4 Å². The molecule has 2 aliphatic rings. The van der Waals surface area contributed by atoms with E-state index in [2.05, 4.69) is 26.9 Å². The van der Waals surface area contributed by atoms with Crippen LogP contribution in [0.1, 0.15) is 49.0 Å². The van der Waals surface area contributed by atoms with Crippen LogP contribution in [0.3, 0.4) is 0 Å². The third kappa shape index (κ3) is 2.59. The molecule has 1 aromatic heterocycles. The number of benzene rings is 1. The molecule has 2 fully saturated rings. The van der Waals surface area contributed by atoms with Crippen molar-refractivity contribution in [3.63, 3.8) is 0 Å². The highest BCUT2D eigenvalue weighted by molar-refractivity contribution is 7.98. The predicted octanol–water partition coefficient (Wildman–Crippen LogP) is 4.44. The second kappa shape index (κ2) is 5.08. The zero-order valence-corrected chi connectivity index (χ0v) is 12.7. The maximum Gasteiger partial charge on any atom is 0.191 e. The summed E-state index contributed by atoms with van der Waals surface area (Å²) in [5, 5.41) is 10.7. The van der Waals surface area contributed by atoms with Gasteiger partial charge in [-0.3, -0.25) is 0 Å². The van der Waals surface area contributed by atoms with Gasteiger partial charge >= 0.3 is 0 Å². The van der Waals surface area contributed by atoms with Crippen molar-refractivity contribution in [3.8, 4) is 0 Å². The second-order valence-electron chi connectivity index (χ2n) is 5.63. The zero-order chi connectivity index (χ0) is 13.5. The fourth-order valence-corrected chi connectivity index (χ4v) is 3.51. The Hall–Kier alpha value is -1.00. The molecule has 20 heavy (non-hydrogen) atoms. The molecule has 2 aliphatic carbocycles. The normalized spacial score (nSPS) is 18.4. The summed E-state index contributed by atoms with van der Waals surface area (Å²) < 4.78 is 2.40. The summed E-state index contributed by atoms with van der Waals surface area (Å²) in [7, 11) is 0. The van der Waals surface area contributed by atoms with Gasteiger partial charge < -0.3 is 4.57 Å². The summed E-state index contributed by atoms with van der Waals surface area (Å²) in [4.78, 5) is 0. The molecular formula is C15H16ClN3S. The van der Waals surface area contributed by atoms with Gasteiger partial charge in [-0.1, -0.05) is 35.5 Å². The molecule has 1 aromatic carbocycles. The predicted molar refractivity (Wildman–Crippen MR) is 81.3 cm³/mol. The molecule has 0 saturated heterocycles. The first-order valence-corrected chi connectivity index (χ1v) is 8.49. The van der Waals surface area contributed by atoms with Gasteiger partial charge in [-0.15, -0.1) is 10.2 Å². The molecule has 0 atom stereocenters. The van der Waals surface area contributed by atoms with Crippen LogP contribution >= 0.6 is 23.4 Å². The van der Waals surface area contributed by atoms with Crippen LogP contribution in [-0.2, 0) is 5.75 Å². The Morgan fingerprint density at radius 2 is 1.85 bits per heavy atom. The monoisotopic (exact) mass is 305 g/mol. The number of thioether (sulfide) groups is 1. The van der Waals surface area contributed by atoms with Crippen molar-refractivity contribution >= 4 is 23.4 Å². The van der Waals surface area contributed by atoms with E-state index in [4.69, 9.17) is 11.6 Å². The van der Waals surface area contributed by atoms with Crippen molar-refractivity contribution in [1.29, 1.82) is 0 Å². The first-order chi connectivity index (χ1) is 9.81. The summed E-state index contributed by atoms with van der Waals surface area (Å²) in [6, 6.07) is 8.70. The SMILES string of the molecule is Clc1ccc(CSc2nnc(C3CC3)n2C2CC2)cc1. The van der Waals surface area contributed by atoms with Gasteiger partial charge in [0.15, 0.2) is 5.16 Å². The number of halogens is 1. The zero-order valence-electron chi connectivity index (χ0n) is 11.1. The highest BCUT2D eigenvalue weighted by atomic mass is 35.5. The van der Waals surface area contributed by atoms with Crippen LogP contribution in [0.25, 0.3) is 0 Å². The van der Waals surface area contributed by atoms with Crippen molar-refractivity contribution in [1.82, 2.24) is 14.8 Å². The van der Waals surface area contributed by atoms with E-state index < -0.39 is 0 Å². The fraction of sp³-hybridized carbons (Fsp3) is 0.467. The third-order valence-electron chi connectivity index (χ3n) is 3.83. The quantitative estimate of drug-likeness (QED) is 0.765. The van der Waals surface area contributed by atoms with Crippen LogP contribution in [-0.4, -0.2) is 14.8 Å². The molecule has 0 unspecified atom stereocenters. The minimum atomic E-state index is 0.660. The third-order valence-corrected chi connectivity index (χ3v) is 5.09. The van der Waals surface area contributed by atoms with Crippen LogP contribution in [0.2, 0.25) is 5.02 Å². The number of aromatic nitrogens is 3. The lowest BCUT2D eigenvalue weighted by Gasteiger charge is -2.08. The Labute approximate surface area is 127 Å². The largest absolute Gasteiger partial charge is 0.303 e.